The van der Waals surface area contributed by atoms with Gasteiger partial charge in [0.1, 0.15) is 11.1 Å². The van der Waals surface area contributed by atoms with E-state index in [4.69, 9.17) is 47.0 Å². The maximum Gasteiger partial charge on any atom is 0.284 e. The SMILES string of the molecule is O=[N+]([O-])c1ccccc1SN[C@@H](NC(=S)Nc1ccccc1)C(Cl)(Cl)Cl. The standard InChI is InChI=1S/C15H13Cl3N4O2S2/c16-15(17,18)13(20-14(25)19-10-6-2-1-3-7-10)21-26-12-9-5-4-8-11(12)22(23)24/h1-9,13,21H,(H2,19,20,25)/t13-/m1/s1. The number of rotatable bonds is 6. The first-order valence-electron chi connectivity index (χ1n) is 7.12. The first-order chi connectivity index (χ1) is 12.3. The number of nitrogens with zero attached hydrogens (tertiary/aromatic N) is 1. The Morgan fingerprint density at radius 2 is 1.73 bits per heavy atom. The molecule has 0 spiro atoms. The Balaban J connectivity index is 2.04. The highest BCUT2D eigenvalue weighted by Crippen LogP contribution is 2.33. The van der Waals surface area contributed by atoms with Gasteiger partial charge in [-0.15, -0.1) is 0 Å². The summed E-state index contributed by atoms with van der Waals surface area (Å²) in [6.45, 7) is 0. The molecule has 0 aliphatic rings. The number of thiocarbonyl (C=S) groups is 1. The van der Waals surface area contributed by atoms with Crippen LogP contribution < -0.4 is 15.4 Å². The normalized spacial score (nSPS) is 12.3. The highest BCUT2D eigenvalue weighted by atomic mass is 35.6. The molecule has 1 atom stereocenters. The second kappa shape index (κ2) is 9.59. The molecule has 0 bridgehead atoms. The van der Waals surface area contributed by atoms with Crippen molar-refractivity contribution in [2.24, 2.45) is 0 Å². The first kappa shape index (κ1) is 21.0. The van der Waals surface area contributed by atoms with Crippen LogP contribution in [0.1, 0.15) is 0 Å². The zero-order valence-electron chi connectivity index (χ0n) is 13.0. The minimum absolute atomic E-state index is 0.0574. The molecular formula is C15H13Cl3N4O2S2. The van der Waals surface area contributed by atoms with Gasteiger partial charge in [-0.25, -0.2) is 4.72 Å². The lowest BCUT2D eigenvalue weighted by atomic mass is 10.3. The summed E-state index contributed by atoms with van der Waals surface area (Å²) < 4.78 is 1.10. The van der Waals surface area contributed by atoms with Crippen LogP contribution in [0.4, 0.5) is 11.4 Å². The molecule has 2 aromatic carbocycles. The number of hydrogen-bond donors (Lipinski definition) is 3. The fraction of sp³-hybridized carbons (Fsp3) is 0.133. The predicted octanol–water partition coefficient (Wildman–Crippen LogP) is 4.87. The van der Waals surface area contributed by atoms with E-state index in [1.165, 1.54) is 6.07 Å². The molecule has 6 nitrogen and oxygen atoms in total. The Morgan fingerprint density at radius 3 is 2.35 bits per heavy atom. The van der Waals surface area contributed by atoms with Crippen LogP contribution in [0, 0.1) is 10.1 Å². The van der Waals surface area contributed by atoms with E-state index in [0.29, 0.717) is 4.90 Å². The summed E-state index contributed by atoms with van der Waals surface area (Å²) in [6, 6.07) is 15.5. The molecular weight excluding hydrogens is 439 g/mol. The molecule has 2 aromatic rings. The number of alkyl halides is 3. The van der Waals surface area contributed by atoms with E-state index in [0.717, 1.165) is 17.6 Å². The number of para-hydroxylation sites is 2. The van der Waals surface area contributed by atoms with E-state index in [1.54, 1.807) is 18.2 Å². The highest BCUT2D eigenvalue weighted by molar-refractivity contribution is 7.97. The van der Waals surface area contributed by atoms with Crippen LogP contribution in [0.25, 0.3) is 0 Å². The molecule has 26 heavy (non-hydrogen) atoms. The number of benzene rings is 2. The van der Waals surface area contributed by atoms with Gasteiger partial charge in [0, 0.05) is 11.8 Å². The van der Waals surface area contributed by atoms with Gasteiger partial charge in [-0.05, 0) is 42.4 Å². The third kappa shape index (κ3) is 6.46. The predicted molar refractivity (Wildman–Crippen MR) is 112 cm³/mol. The van der Waals surface area contributed by atoms with Gasteiger partial charge in [-0.3, -0.25) is 10.1 Å². The smallest absolute Gasteiger partial charge is 0.284 e. The average molecular weight is 452 g/mol. The molecule has 0 amide bonds. The Labute approximate surface area is 174 Å². The maximum absolute atomic E-state index is 11.1. The summed E-state index contributed by atoms with van der Waals surface area (Å²) in [4.78, 5) is 11.0. The van der Waals surface area contributed by atoms with Crippen molar-refractivity contribution in [3.05, 3.63) is 64.7 Å². The Morgan fingerprint density at radius 1 is 1.12 bits per heavy atom. The van der Waals surface area contributed by atoms with Crippen LogP contribution in [0.2, 0.25) is 0 Å². The van der Waals surface area contributed by atoms with Crippen molar-refractivity contribution in [3.8, 4) is 0 Å². The minimum Gasteiger partial charge on any atom is -0.343 e. The van der Waals surface area contributed by atoms with Crippen molar-refractivity contribution in [1.29, 1.82) is 0 Å². The number of anilines is 1. The summed E-state index contributed by atoms with van der Waals surface area (Å²) in [5, 5.41) is 17.1. The van der Waals surface area contributed by atoms with Crippen molar-refractivity contribution in [3.63, 3.8) is 0 Å². The lowest BCUT2D eigenvalue weighted by Gasteiger charge is -2.27. The molecule has 138 valence electrons. The molecule has 0 unspecified atom stereocenters. The molecule has 0 aromatic heterocycles. The Bertz CT molecular complexity index is 775. The van der Waals surface area contributed by atoms with Crippen molar-refractivity contribution < 1.29 is 4.92 Å². The molecule has 3 N–H and O–H groups in total. The minimum atomic E-state index is -1.76. The van der Waals surface area contributed by atoms with Gasteiger partial charge in [0.25, 0.3) is 5.69 Å². The van der Waals surface area contributed by atoms with Crippen molar-refractivity contribution in [1.82, 2.24) is 10.0 Å². The fourth-order valence-electron chi connectivity index (χ4n) is 1.81. The lowest BCUT2D eigenvalue weighted by Crippen LogP contribution is -2.52. The van der Waals surface area contributed by atoms with E-state index in [9.17, 15) is 10.1 Å². The zero-order valence-corrected chi connectivity index (χ0v) is 16.9. The third-order valence-corrected chi connectivity index (χ3v) is 4.78. The Kier molecular flexibility index (Phi) is 7.75. The van der Waals surface area contributed by atoms with Gasteiger partial charge in [-0.2, -0.15) is 0 Å². The molecule has 0 aliphatic heterocycles. The number of nitrogens with one attached hydrogen (secondary N) is 3. The average Bonchev–Trinajstić information content (AvgIpc) is 2.58. The summed E-state index contributed by atoms with van der Waals surface area (Å²) in [6.07, 6.45) is -0.916. The molecule has 0 fully saturated rings. The third-order valence-electron chi connectivity index (χ3n) is 2.98. The van der Waals surface area contributed by atoms with Crippen LogP contribution in [0.5, 0.6) is 0 Å². The van der Waals surface area contributed by atoms with Gasteiger partial charge >= 0.3 is 0 Å². The molecule has 0 aliphatic carbocycles. The highest BCUT2D eigenvalue weighted by Gasteiger charge is 2.34. The second-order valence-corrected chi connectivity index (χ2v) is 8.54. The number of halogens is 3. The van der Waals surface area contributed by atoms with Crippen molar-refractivity contribution in [2.75, 3.05) is 5.32 Å². The molecule has 0 saturated carbocycles. The number of hydrogen-bond acceptors (Lipinski definition) is 5. The number of nitro benzene ring substituents is 1. The summed E-state index contributed by atoms with van der Waals surface area (Å²) in [5.41, 5.74) is 0.706. The van der Waals surface area contributed by atoms with Gasteiger partial charge in [0.15, 0.2) is 5.11 Å². The van der Waals surface area contributed by atoms with Crippen LogP contribution in [0.3, 0.4) is 0 Å². The van der Waals surface area contributed by atoms with E-state index in [-0.39, 0.29) is 10.8 Å². The van der Waals surface area contributed by atoms with Crippen molar-refractivity contribution in [2.45, 2.75) is 14.9 Å². The van der Waals surface area contributed by atoms with Crippen LogP contribution in [-0.4, -0.2) is 20.0 Å². The zero-order chi connectivity index (χ0) is 19.2. The quantitative estimate of drug-likeness (QED) is 0.144. The topological polar surface area (TPSA) is 79.2 Å². The summed E-state index contributed by atoms with van der Waals surface area (Å²) in [7, 11) is 0. The monoisotopic (exact) mass is 450 g/mol. The second-order valence-electron chi connectivity index (χ2n) is 4.88. The first-order valence-corrected chi connectivity index (χ1v) is 9.48. The maximum atomic E-state index is 11.1. The molecule has 0 radical (unpaired) electrons. The summed E-state index contributed by atoms with van der Waals surface area (Å²) >= 11 is 24.1. The fourth-order valence-corrected chi connectivity index (χ4v) is 3.45. The lowest BCUT2D eigenvalue weighted by molar-refractivity contribution is -0.387. The van der Waals surface area contributed by atoms with Gasteiger partial charge in [-0.1, -0.05) is 65.1 Å². The number of nitro groups is 1. The van der Waals surface area contributed by atoms with E-state index >= 15 is 0 Å². The molecule has 2 rings (SSSR count). The van der Waals surface area contributed by atoms with Gasteiger partial charge in [0.05, 0.1) is 4.92 Å². The van der Waals surface area contributed by atoms with Gasteiger partial charge < -0.3 is 10.6 Å². The molecule has 11 heteroatoms. The van der Waals surface area contributed by atoms with Gasteiger partial charge in [0.2, 0.25) is 3.79 Å². The van der Waals surface area contributed by atoms with Crippen LogP contribution in [0.15, 0.2) is 59.5 Å². The van der Waals surface area contributed by atoms with Crippen LogP contribution >= 0.6 is 59.0 Å². The summed E-state index contributed by atoms with van der Waals surface area (Å²) in [5.74, 6) is 0. The van der Waals surface area contributed by atoms with E-state index in [1.807, 2.05) is 30.3 Å². The molecule has 0 saturated heterocycles. The molecule has 0 heterocycles. The van der Waals surface area contributed by atoms with E-state index < -0.39 is 14.9 Å². The Hall–Kier alpha value is -1.29. The van der Waals surface area contributed by atoms with Crippen molar-refractivity contribution >= 4 is 75.5 Å². The largest absolute Gasteiger partial charge is 0.343 e. The van der Waals surface area contributed by atoms with Crippen LogP contribution in [-0.2, 0) is 0 Å². The van der Waals surface area contributed by atoms with E-state index in [2.05, 4.69) is 15.4 Å².